The Morgan fingerprint density at radius 3 is 1.75 bits per heavy atom. The molecule has 8 aromatic carbocycles. The maximum atomic E-state index is 9.95. The fraction of sp³-hybridized carbons (Fsp3) is 0.213. The lowest BCUT2D eigenvalue weighted by Gasteiger charge is -2.33. The summed E-state index contributed by atoms with van der Waals surface area (Å²) in [6.45, 7) is 0. The molecule has 0 aliphatic heterocycles. The lowest BCUT2D eigenvalue weighted by atomic mass is 9.69. The third-order valence-electron chi connectivity index (χ3n) is 15.0. The van der Waals surface area contributed by atoms with Gasteiger partial charge in [-0.2, -0.15) is 0 Å². The molecule has 0 unspecified atom stereocenters. The molecule has 1 spiro atoms. The molecule has 306 valence electrons. The topological polar surface area (TPSA) is 16.4 Å². The van der Waals surface area contributed by atoms with Crippen molar-refractivity contribution >= 4 is 39.0 Å². The zero-order chi connectivity index (χ0) is 43.3. The molecule has 1 aromatic heterocycles. The predicted octanol–water partition coefficient (Wildman–Crippen LogP) is 17.2. The summed E-state index contributed by atoms with van der Waals surface area (Å²) in [4.78, 5) is 2.47. The number of fused-ring (bicyclic) bond motifs is 13. The molecule has 63 heavy (non-hydrogen) atoms. The van der Waals surface area contributed by atoms with Gasteiger partial charge in [0, 0.05) is 36.4 Å². The number of hydrogen-bond donors (Lipinski definition) is 0. The van der Waals surface area contributed by atoms with Crippen LogP contribution in [0.25, 0.3) is 55.3 Å². The van der Waals surface area contributed by atoms with Crippen molar-refractivity contribution < 1.29 is 7.16 Å². The van der Waals surface area contributed by atoms with Gasteiger partial charge in [0.15, 0.2) is 0 Å². The Kier molecular flexibility index (Phi) is 8.16. The van der Waals surface area contributed by atoms with Crippen LogP contribution in [-0.2, 0) is 5.41 Å². The van der Waals surface area contributed by atoms with Crippen LogP contribution in [0.4, 0.5) is 17.1 Å². The maximum absolute atomic E-state index is 9.95. The van der Waals surface area contributed by atoms with Crippen molar-refractivity contribution in [2.45, 2.75) is 81.4 Å². The zero-order valence-corrected chi connectivity index (χ0v) is 35.7. The van der Waals surface area contributed by atoms with E-state index in [9.17, 15) is 2.74 Å². The second kappa shape index (κ2) is 14.7. The van der Waals surface area contributed by atoms with E-state index in [2.05, 4.69) is 175 Å². The van der Waals surface area contributed by atoms with E-state index in [-0.39, 0.29) is 0 Å². The van der Waals surface area contributed by atoms with Gasteiger partial charge in [-0.25, -0.2) is 0 Å². The highest BCUT2D eigenvalue weighted by atomic mass is 16.3. The van der Waals surface area contributed by atoms with Gasteiger partial charge in [0.2, 0.25) is 0 Å². The zero-order valence-electron chi connectivity index (χ0n) is 37.7. The van der Waals surface area contributed by atoms with Gasteiger partial charge in [-0.3, -0.25) is 0 Å². The number of benzene rings is 8. The molecule has 2 fully saturated rings. The fourth-order valence-corrected chi connectivity index (χ4v) is 12.2. The normalized spacial score (nSPS) is 18.0. The van der Waals surface area contributed by atoms with Crippen molar-refractivity contribution in [3.8, 4) is 33.4 Å². The number of para-hydroxylation sites is 2. The van der Waals surface area contributed by atoms with Gasteiger partial charge in [-0.15, -0.1) is 0 Å². The van der Waals surface area contributed by atoms with Crippen LogP contribution in [-0.4, -0.2) is 0 Å². The van der Waals surface area contributed by atoms with Gasteiger partial charge in [-0.05, 0) is 123 Å². The quantitative estimate of drug-likeness (QED) is 0.166. The molecular weight excluding hydrogens is 763 g/mol. The number of hydrogen-bond acceptors (Lipinski definition) is 2. The summed E-state index contributed by atoms with van der Waals surface area (Å²) in [6, 6.07) is 64.8. The van der Waals surface area contributed by atoms with Crippen molar-refractivity contribution in [3.05, 3.63) is 209 Å². The molecule has 0 saturated heterocycles. The molecule has 2 nitrogen and oxygen atoms in total. The van der Waals surface area contributed by atoms with Crippen LogP contribution in [0.2, 0.25) is 0 Å². The second-order valence-electron chi connectivity index (χ2n) is 18.3. The molecule has 4 aliphatic rings. The summed E-state index contributed by atoms with van der Waals surface area (Å²) in [5.41, 5.74) is 18.8. The first kappa shape index (κ1) is 34.9. The maximum Gasteiger partial charge on any atom is 0.137 e. The molecule has 4 aliphatic carbocycles. The molecular formula is C61H51NO. The van der Waals surface area contributed by atoms with Gasteiger partial charge in [0.1, 0.15) is 11.2 Å². The molecule has 2 heteroatoms. The third-order valence-corrected chi connectivity index (χ3v) is 15.0. The molecule has 1 heterocycles. The van der Waals surface area contributed by atoms with E-state index < -0.39 is 17.2 Å². The van der Waals surface area contributed by atoms with E-state index in [1.165, 1.54) is 57.3 Å². The van der Waals surface area contributed by atoms with Crippen molar-refractivity contribution in [3.63, 3.8) is 0 Å². The molecule has 0 bridgehead atoms. The average molecular weight is 816 g/mol. The minimum absolute atomic E-state index is 0.613. The highest BCUT2D eigenvalue weighted by Crippen LogP contribution is 2.65. The standard InChI is InChI=1S/C61H51NO/c1-4-17-40(18-5-1)43-31-34-47-48-35-32-44(41-19-6-2-7-20-41)38-55(48)61(54(47)37-43)52-26-13-10-25-51(52)60-53(61)27-16-29-57(60)62(56-28-14-11-23-46(56)42-21-8-3-9-22-42)45-33-36-50-49-24-12-15-30-58(49)63-59(50)39-45/h3,8-16,21-41H,1-2,4-7,17-20H2/i40D,41D. The summed E-state index contributed by atoms with van der Waals surface area (Å²) in [5, 5.41) is 2.22. The smallest absolute Gasteiger partial charge is 0.137 e. The minimum Gasteiger partial charge on any atom is -0.456 e. The van der Waals surface area contributed by atoms with Crippen molar-refractivity contribution in [1.82, 2.24) is 0 Å². The predicted molar refractivity (Wildman–Crippen MR) is 262 cm³/mol. The fourth-order valence-electron chi connectivity index (χ4n) is 12.2. The second-order valence-corrected chi connectivity index (χ2v) is 18.3. The number of nitrogens with zero attached hydrogens (tertiary/aromatic N) is 1. The average Bonchev–Trinajstić information content (AvgIpc) is 3.98. The lowest BCUT2D eigenvalue weighted by Crippen LogP contribution is -2.26. The molecule has 0 atom stereocenters. The van der Waals surface area contributed by atoms with E-state index in [1.807, 2.05) is 6.07 Å². The Morgan fingerprint density at radius 1 is 0.429 bits per heavy atom. The highest BCUT2D eigenvalue weighted by Gasteiger charge is 2.53. The van der Waals surface area contributed by atoms with Crippen molar-refractivity contribution in [2.24, 2.45) is 0 Å². The Morgan fingerprint density at radius 2 is 1.02 bits per heavy atom. The van der Waals surface area contributed by atoms with E-state index in [1.54, 1.807) is 0 Å². The molecule has 0 N–H and O–H groups in total. The van der Waals surface area contributed by atoms with Gasteiger partial charge < -0.3 is 9.32 Å². The van der Waals surface area contributed by atoms with Gasteiger partial charge in [0.25, 0.3) is 0 Å². The Bertz CT molecular complexity index is 3260. The first-order valence-corrected chi connectivity index (χ1v) is 23.3. The third kappa shape index (κ3) is 5.63. The first-order chi connectivity index (χ1) is 31.9. The number of furan rings is 1. The minimum atomic E-state index is -0.651. The van der Waals surface area contributed by atoms with Crippen LogP contribution in [0.5, 0.6) is 0 Å². The largest absolute Gasteiger partial charge is 0.456 e. The van der Waals surface area contributed by atoms with Crippen molar-refractivity contribution in [2.75, 3.05) is 4.90 Å². The summed E-state index contributed by atoms with van der Waals surface area (Å²) < 4.78 is 26.5. The summed E-state index contributed by atoms with van der Waals surface area (Å²) >= 11 is 0. The van der Waals surface area contributed by atoms with Crippen LogP contribution < -0.4 is 4.90 Å². The van der Waals surface area contributed by atoms with Crippen LogP contribution in [0.3, 0.4) is 0 Å². The Labute approximate surface area is 373 Å². The van der Waals surface area contributed by atoms with E-state index >= 15 is 0 Å². The summed E-state index contributed by atoms with van der Waals surface area (Å²) in [6.07, 6.45) is 10.3. The number of anilines is 3. The van der Waals surface area contributed by atoms with Gasteiger partial charge >= 0.3 is 0 Å². The monoisotopic (exact) mass is 815 g/mol. The highest BCUT2D eigenvalue weighted by molar-refractivity contribution is 6.07. The summed E-state index contributed by atoms with van der Waals surface area (Å²) in [5.74, 6) is -1.23. The van der Waals surface area contributed by atoms with E-state index in [0.717, 1.165) is 113 Å². The van der Waals surface area contributed by atoms with Crippen LogP contribution >= 0.6 is 0 Å². The van der Waals surface area contributed by atoms with Crippen LogP contribution in [0.1, 0.15) is 112 Å². The first-order valence-electron chi connectivity index (χ1n) is 24.3. The molecule has 2 saturated carbocycles. The van der Waals surface area contributed by atoms with Crippen LogP contribution in [0.15, 0.2) is 180 Å². The molecule has 9 aromatic rings. The Hall–Kier alpha value is -6.64. The SMILES string of the molecule is [2H]C1(c2ccc3c(c2)C2(c4cc(C5([2H])CCCCC5)ccc4-3)c3ccccc3-c3c(N(c4ccc5c(c4)oc4ccccc45)c4ccccc4-c4ccccc4)cccc32)CCCCC1. The van der Waals surface area contributed by atoms with E-state index in [4.69, 9.17) is 4.42 Å². The van der Waals surface area contributed by atoms with E-state index in [0.29, 0.717) is 0 Å². The number of rotatable bonds is 6. The van der Waals surface area contributed by atoms with Crippen LogP contribution in [0, 0.1) is 0 Å². The Balaban J connectivity index is 1.11. The molecule has 13 rings (SSSR count). The van der Waals surface area contributed by atoms with Crippen molar-refractivity contribution in [1.29, 1.82) is 0 Å². The van der Waals surface area contributed by atoms with Gasteiger partial charge in [-0.1, -0.05) is 178 Å². The molecule has 0 radical (unpaired) electrons. The summed E-state index contributed by atoms with van der Waals surface area (Å²) in [7, 11) is 0. The lowest BCUT2D eigenvalue weighted by molar-refractivity contribution is 0.443. The molecule has 0 amide bonds. The van der Waals surface area contributed by atoms with Gasteiger partial charge in [0.05, 0.1) is 16.8 Å².